The molecule has 0 amide bonds. The first kappa shape index (κ1) is 12.9. The highest BCUT2D eigenvalue weighted by Crippen LogP contribution is 2.32. The summed E-state index contributed by atoms with van der Waals surface area (Å²) < 4.78 is 0.756. The van der Waals surface area contributed by atoms with E-state index in [1.807, 2.05) is 0 Å². The van der Waals surface area contributed by atoms with Gasteiger partial charge in [0.2, 0.25) is 0 Å². The highest BCUT2D eigenvalue weighted by atomic mass is 79.9. The van der Waals surface area contributed by atoms with Crippen LogP contribution in [-0.2, 0) is 0 Å². The molecule has 0 aromatic heterocycles. The number of non-ortho nitro benzene ring substituents is 1. The molecule has 1 N–H and O–H groups in total. The number of likely N-dealkylation sites (tertiary alicyclic amines) is 1. The first-order valence-corrected chi connectivity index (χ1v) is 7.37. The van der Waals surface area contributed by atoms with Gasteiger partial charge in [0.15, 0.2) is 0 Å². The zero-order valence-electron chi connectivity index (χ0n) is 10.5. The van der Waals surface area contributed by atoms with Crippen molar-refractivity contribution in [2.45, 2.75) is 31.3 Å². The lowest BCUT2D eigenvalue weighted by Crippen LogP contribution is -2.27. The van der Waals surface area contributed by atoms with E-state index in [1.54, 1.807) is 18.2 Å². The monoisotopic (exact) mass is 325 g/mol. The summed E-state index contributed by atoms with van der Waals surface area (Å²) in [4.78, 5) is 12.9. The number of hydrogen-bond donors (Lipinski definition) is 1. The molecule has 1 aromatic rings. The summed E-state index contributed by atoms with van der Waals surface area (Å²) in [5, 5.41) is 14.2. The fraction of sp³-hybridized carbons (Fsp3) is 0.538. The summed E-state index contributed by atoms with van der Waals surface area (Å²) in [7, 11) is 0. The minimum atomic E-state index is -0.376. The standard InChI is InChI=1S/C13H16BrN3O2/c14-12-7-11(17(18)19)3-4-13(12)15-9-5-6-16(8-9)10-1-2-10/h3-4,7,9-10,15H,1-2,5-6,8H2. The molecule has 1 atom stereocenters. The number of rotatable bonds is 4. The van der Waals surface area contributed by atoms with Crippen LogP contribution in [-0.4, -0.2) is 35.0 Å². The summed E-state index contributed by atoms with van der Waals surface area (Å²) in [6, 6.07) is 6.13. The van der Waals surface area contributed by atoms with Gasteiger partial charge in [-0.05, 0) is 41.3 Å². The molecule has 0 radical (unpaired) electrons. The first-order chi connectivity index (χ1) is 9.13. The number of nitrogens with one attached hydrogen (secondary N) is 1. The van der Waals surface area contributed by atoms with Gasteiger partial charge < -0.3 is 5.32 Å². The molecule has 1 heterocycles. The lowest BCUT2D eigenvalue weighted by Gasteiger charge is -2.17. The zero-order valence-corrected chi connectivity index (χ0v) is 12.1. The number of nitrogens with zero attached hydrogens (tertiary/aromatic N) is 2. The maximum atomic E-state index is 10.7. The number of hydrogen-bond acceptors (Lipinski definition) is 4. The summed E-state index contributed by atoms with van der Waals surface area (Å²) in [6.45, 7) is 2.24. The molecule has 1 aromatic carbocycles. The van der Waals surface area contributed by atoms with E-state index >= 15 is 0 Å². The zero-order chi connectivity index (χ0) is 13.4. The van der Waals surface area contributed by atoms with Gasteiger partial charge in [-0.1, -0.05) is 0 Å². The van der Waals surface area contributed by atoms with Crippen LogP contribution in [0.4, 0.5) is 11.4 Å². The van der Waals surface area contributed by atoms with Gasteiger partial charge in [0.25, 0.3) is 5.69 Å². The Kier molecular flexibility index (Phi) is 3.45. The van der Waals surface area contributed by atoms with E-state index in [1.165, 1.54) is 12.8 Å². The van der Waals surface area contributed by atoms with Crippen LogP contribution in [0.5, 0.6) is 0 Å². The lowest BCUT2D eigenvalue weighted by atomic mass is 10.2. The van der Waals surface area contributed by atoms with E-state index in [0.717, 1.165) is 35.7 Å². The van der Waals surface area contributed by atoms with Crippen LogP contribution >= 0.6 is 15.9 Å². The Morgan fingerprint density at radius 2 is 2.16 bits per heavy atom. The molecule has 1 aliphatic heterocycles. The number of anilines is 1. The molecule has 1 saturated carbocycles. The average molecular weight is 326 g/mol. The second kappa shape index (κ2) is 5.09. The molecule has 5 nitrogen and oxygen atoms in total. The van der Waals surface area contributed by atoms with E-state index in [2.05, 4.69) is 26.1 Å². The number of nitro benzene ring substituents is 1. The Morgan fingerprint density at radius 1 is 1.37 bits per heavy atom. The number of nitro groups is 1. The van der Waals surface area contributed by atoms with Gasteiger partial charge in [0.1, 0.15) is 0 Å². The van der Waals surface area contributed by atoms with Gasteiger partial charge in [0, 0.05) is 47.5 Å². The predicted molar refractivity (Wildman–Crippen MR) is 77.4 cm³/mol. The molecule has 1 aliphatic carbocycles. The molecule has 102 valence electrons. The minimum absolute atomic E-state index is 0.114. The van der Waals surface area contributed by atoms with Gasteiger partial charge in [-0.25, -0.2) is 0 Å². The van der Waals surface area contributed by atoms with E-state index in [-0.39, 0.29) is 10.6 Å². The van der Waals surface area contributed by atoms with Crippen molar-refractivity contribution in [2.75, 3.05) is 18.4 Å². The van der Waals surface area contributed by atoms with Crippen LogP contribution in [0.3, 0.4) is 0 Å². The highest BCUT2D eigenvalue weighted by molar-refractivity contribution is 9.10. The van der Waals surface area contributed by atoms with Crippen molar-refractivity contribution in [2.24, 2.45) is 0 Å². The summed E-state index contributed by atoms with van der Waals surface area (Å²) in [6.07, 6.45) is 3.82. The quantitative estimate of drug-likeness (QED) is 0.683. The molecule has 1 unspecified atom stereocenters. The van der Waals surface area contributed by atoms with Crippen LogP contribution in [0.1, 0.15) is 19.3 Å². The molecule has 6 heteroatoms. The van der Waals surface area contributed by atoms with Gasteiger partial charge >= 0.3 is 0 Å². The number of halogens is 1. The first-order valence-electron chi connectivity index (χ1n) is 6.58. The molecular formula is C13H16BrN3O2. The molecule has 2 fully saturated rings. The molecule has 3 rings (SSSR count). The topological polar surface area (TPSA) is 58.4 Å². The SMILES string of the molecule is O=[N+]([O-])c1ccc(NC2CCN(C3CC3)C2)c(Br)c1. The molecule has 0 spiro atoms. The van der Waals surface area contributed by atoms with Crippen molar-refractivity contribution in [3.63, 3.8) is 0 Å². The van der Waals surface area contributed by atoms with Crippen molar-refractivity contribution in [1.82, 2.24) is 4.90 Å². The van der Waals surface area contributed by atoms with Crippen LogP contribution in [0.15, 0.2) is 22.7 Å². The summed E-state index contributed by atoms with van der Waals surface area (Å²) >= 11 is 3.40. The minimum Gasteiger partial charge on any atom is -0.380 e. The molecule has 19 heavy (non-hydrogen) atoms. The molecular weight excluding hydrogens is 310 g/mol. The van der Waals surface area contributed by atoms with Gasteiger partial charge in [0.05, 0.1) is 4.92 Å². The van der Waals surface area contributed by atoms with E-state index in [0.29, 0.717) is 6.04 Å². The molecule has 2 aliphatic rings. The van der Waals surface area contributed by atoms with Crippen LogP contribution < -0.4 is 5.32 Å². The van der Waals surface area contributed by atoms with Crippen LogP contribution in [0, 0.1) is 10.1 Å². The van der Waals surface area contributed by atoms with Crippen LogP contribution in [0.2, 0.25) is 0 Å². The fourth-order valence-electron chi connectivity index (χ4n) is 2.63. The Labute approximate surface area is 120 Å². The Bertz CT molecular complexity index is 505. The maximum Gasteiger partial charge on any atom is 0.270 e. The van der Waals surface area contributed by atoms with Gasteiger partial charge in [-0.15, -0.1) is 0 Å². The number of benzene rings is 1. The Hall–Kier alpha value is -1.14. The van der Waals surface area contributed by atoms with Crippen molar-refractivity contribution in [3.05, 3.63) is 32.8 Å². The molecule has 0 bridgehead atoms. The summed E-state index contributed by atoms with van der Waals surface area (Å²) in [5.74, 6) is 0. The fourth-order valence-corrected chi connectivity index (χ4v) is 3.11. The van der Waals surface area contributed by atoms with Gasteiger partial charge in [-0.2, -0.15) is 0 Å². The van der Waals surface area contributed by atoms with Crippen LogP contribution in [0.25, 0.3) is 0 Å². The van der Waals surface area contributed by atoms with Crippen molar-refractivity contribution in [1.29, 1.82) is 0 Å². The second-order valence-electron chi connectivity index (χ2n) is 5.28. The maximum absolute atomic E-state index is 10.7. The smallest absolute Gasteiger partial charge is 0.270 e. The van der Waals surface area contributed by atoms with Crippen molar-refractivity contribution < 1.29 is 4.92 Å². The molecule has 1 saturated heterocycles. The predicted octanol–water partition coefficient (Wildman–Crippen LogP) is 3.01. The van der Waals surface area contributed by atoms with Gasteiger partial charge in [-0.3, -0.25) is 15.0 Å². The average Bonchev–Trinajstić information content (AvgIpc) is 3.12. The Morgan fingerprint density at radius 3 is 2.79 bits per heavy atom. The third-order valence-corrected chi connectivity index (χ3v) is 4.46. The highest BCUT2D eigenvalue weighted by Gasteiger charge is 2.34. The normalized spacial score (nSPS) is 23.5. The third kappa shape index (κ3) is 2.90. The van der Waals surface area contributed by atoms with E-state index in [4.69, 9.17) is 0 Å². The Balaban J connectivity index is 1.65. The lowest BCUT2D eigenvalue weighted by molar-refractivity contribution is -0.384. The largest absolute Gasteiger partial charge is 0.380 e. The van der Waals surface area contributed by atoms with E-state index in [9.17, 15) is 10.1 Å². The summed E-state index contributed by atoms with van der Waals surface area (Å²) in [5.41, 5.74) is 1.05. The van der Waals surface area contributed by atoms with E-state index < -0.39 is 0 Å². The third-order valence-electron chi connectivity index (χ3n) is 3.81. The van der Waals surface area contributed by atoms with Crippen molar-refractivity contribution >= 4 is 27.3 Å². The second-order valence-corrected chi connectivity index (χ2v) is 6.13. The van der Waals surface area contributed by atoms with Crippen molar-refractivity contribution in [3.8, 4) is 0 Å².